The average molecular weight is 219 g/mol. The standard InChI is InChI=1S/C13H17NS/c1-10-5-6-11(13(2,3)4)9-12(10)15-8-7-14/h5-6,9H,8H2,1-4H3. The number of rotatable bonds is 2. The monoisotopic (exact) mass is 219 g/mol. The molecule has 0 amide bonds. The summed E-state index contributed by atoms with van der Waals surface area (Å²) in [7, 11) is 0. The fraction of sp³-hybridized carbons (Fsp3) is 0.462. The van der Waals surface area contributed by atoms with Gasteiger partial charge in [0.1, 0.15) is 0 Å². The van der Waals surface area contributed by atoms with Crippen molar-refractivity contribution < 1.29 is 0 Å². The Morgan fingerprint density at radius 3 is 2.53 bits per heavy atom. The highest BCUT2D eigenvalue weighted by Crippen LogP contribution is 2.29. The minimum absolute atomic E-state index is 0.176. The van der Waals surface area contributed by atoms with Crippen LogP contribution in [0.15, 0.2) is 23.1 Å². The molecule has 0 aliphatic heterocycles. The largest absolute Gasteiger partial charge is 0.197 e. The molecule has 0 aliphatic rings. The van der Waals surface area contributed by atoms with Crippen molar-refractivity contribution in [3.63, 3.8) is 0 Å². The third-order valence-electron chi connectivity index (χ3n) is 2.35. The molecule has 1 aromatic rings. The van der Waals surface area contributed by atoms with E-state index in [9.17, 15) is 0 Å². The predicted molar refractivity (Wildman–Crippen MR) is 66.2 cm³/mol. The van der Waals surface area contributed by atoms with Gasteiger partial charge in [-0.15, -0.1) is 11.8 Å². The summed E-state index contributed by atoms with van der Waals surface area (Å²) < 4.78 is 0. The first-order valence-corrected chi connectivity index (χ1v) is 6.04. The van der Waals surface area contributed by atoms with Crippen molar-refractivity contribution in [1.82, 2.24) is 0 Å². The molecule has 0 bridgehead atoms. The number of nitrogens with zero attached hydrogens (tertiary/aromatic N) is 1. The second-order valence-electron chi connectivity index (χ2n) is 4.68. The van der Waals surface area contributed by atoms with Crippen LogP contribution in [0.25, 0.3) is 0 Å². The van der Waals surface area contributed by atoms with Gasteiger partial charge >= 0.3 is 0 Å². The zero-order valence-electron chi connectivity index (χ0n) is 9.79. The van der Waals surface area contributed by atoms with Crippen molar-refractivity contribution in [2.45, 2.75) is 38.0 Å². The molecule has 80 valence electrons. The molecule has 0 spiro atoms. The number of aryl methyl sites for hydroxylation is 1. The molecule has 0 N–H and O–H groups in total. The van der Waals surface area contributed by atoms with E-state index in [1.807, 2.05) is 0 Å². The van der Waals surface area contributed by atoms with Gasteiger partial charge in [0, 0.05) is 4.90 Å². The van der Waals surface area contributed by atoms with Crippen molar-refractivity contribution in [1.29, 1.82) is 5.26 Å². The van der Waals surface area contributed by atoms with E-state index in [-0.39, 0.29) is 5.41 Å². The van der Waals surface area contributed by atoms with Crippen LogP contribution < -0.4 is 0 Å². The van der Waals surface area contributed by atoms with Gasteiger partial charge in [-0.2, -0.15) is 5.26 Å². The summed E-state index contributed by atoms with van der Waals surface area (Å²) in [5.74, 6) is 0.522. The highest BCUT2D eigenvalue weighted by molar-refractivity contribution is 7.99. The molecule has 0 saturated heterocycles. The lowest BCUT2D eigenvalue weighted by atomic mass is 9.87. The fourth-order valence-electron chi connectivity index (χ4n) is 1.33. The lowest BCUT2D eigenvalue weighted by Crippen LogP contribution is -2.11. The van der Waals surface area contributed by atoms with Gasteiger partial charge in [0.05, 0.1) is 11.8 Å². The molecule has 0 heterocycles. The number of hydrogen-bond donors (Lipinski definition) is 0. The van der Waals surface area contributed by atoms with Crippen molar-refractivity contribution in [3.05, 3.63) is 29.3 Å². The Hall–Kier alpha value is -0.940. The van der Waals surface area contributed by atoms with E-state index in [0.29, 0.717) is 5.75 Å². The van der Waals surface area contributed by atoms with Crippen molar-refractivity contribution in [2.75, 3.05) is 5.75 Å². The Labute approximate surface area is 96.5 Å². The summed E-state index contributed by atoms with van der Waals surface area (Å²) in [4.78, 5) is 1.23. The first-order chi connectivity index (χ1) is 6.95. The van der Waals surface area contributed by atoms with E-state index >= 15 is 0 Å². The zero-order valence-corrected chi connectivity index (χ0v) is 10.6. The summed E-state index contributed by atoms with van der Waals surface area (Å²) in [6, 6.07) is 8.68. The molecule has 15 heavy (non-hydrogen) atoms. The van der Waals surface area contributed by atoms with Gasteiger partial charge in [0.15, 0.2) is 0 Å². The maximum Gasteiger partial charge on any atom is 0.0855 e. The van der Waals surface area contributed by atoms with Gasteiger partial charge in [-0.05, 0) is 29.5 Å². The quantitative estimate of drug-likeness (QED) is 0.704. The summed E-state index contributed by atoms with van der Waals surface area (Å²) in [6.45, 7) is 8.70. The van der Waals surface area contributed by atoms with Crippen LogP contribution in [0.3, 0.4) is 0 Å². The molecule has 0 radical (unpaired) electrons. The Balaban J connectivity index is 3.01. The van der Waals surface area contributed by atoms with E-state index in [1.54, 1.807) is 11.8 Å². The second-order valence-corrected chi connectivity index (χ2v) is 5.69. The van der Waals surface area contributed by atoms with Crippen LogP contribution in [-0.4, -0.2) is 5.75 Å². The minimum atomic E-state index is 0.176. The van der Waals surface area contributed by atoms with E-state index < -0.39 is 0 Å². The summed E-state index contributed by atoms with van der Waals surface area (Å²) >= 11 is 1.62. The Morgan fingerprint density at radius 2 is 2.00 bits per heavy atom. The molecule has 0 aromatic heterocycles. The normalized spacial score (nSPS) is 11.1. The van der Waals surface area contributed by atoms with E-state index in [1.165, 1.54) is 16.0 Å². The lowest BCUT2D eigenvalue weighted by molar-refractivity contribution is 0.588. The highest BCUT2D eigenvalue weighted by Gasteiger charge is 2.14. The van der Waals surface area contributed by atoms with Gasteiger partial charge in [0.25, 0.3) is 0 Å². The van der Waals surface area contributed by atoms with Crippen LogP contribution in [0.4, 0.5) is 0 Å². The van der Waals surface area contributed by atoms with Gasteiger partial charge in [-0.3, -0.25) is 0 Å². The number of thioether (sulfide) groups is 1. The molecule has 1 nitrogen and oxygen atoms in total. The van der Waals surface area contributed by atoms with Crippen LogP contribution in [0.2, 0.25) is 0 Å². The van der Waals surface area contributed by atoms with E-state index in [0.717, 1.165) is 0 Å². The maximum atomic E-state index is 8.58. The van der Waals surface area contributed by atoms with Gasteiger partial charge in [-0.1, -0.05) is 32.9 Å². The zero-order chi connectivity index (χ0) is 11.5. The molecule has 0 fully saturated rings. The molecule has 0 unspecified atom stereocenters. The molecule has 0 saturated carbocycles. The summed E-state index contributed by atoms with van der Waals surface area (Å²) in [6.07, 6.45) is 0. The topological polar surface area (TPSA) is 23.8 Å². The van der Waals surface area contributed by atoms with Crippen LogP contribution in [0.1, 0.15) is 31.9 Å². The molecule has 1 rings (SSSR count). The molecular weight excluding hydrogens is 202 g/mol. The fourth-order valence-corrected chi connectivity index (χ4v) is 2.06. The maximum absolute atomic E-state index is 8.58. The van der Waals surface area contributed by atoms with Crippen LogP contribution in [-0.2, 0) is 5.41 Å². The van der Waals surface area contributed by atoms with Crippen molar-refractivity contribution in [2.24, 2.45) is 0 Å². The third kappa shape index (κ3) is 3.28. The summed E-state index contributed by atoms with van der Waals surface area (Å²) in [5.41, 5.74) is 2.76. The molecule has 2 heteroatoms. The second kappa shape index (κ2) is 4.72. The Bertz CT molecular complexity index is 383. The number of hydrogen-bond acceptors (Lipinski definition) is 2. The number of benzene rings is 1. The smallest absolute Gasteiger partial charge is 0.0855 e. The average Bonchev–Trinajstić information content (AvgIpc) is 2.15. The van der Waals surface area contributed by atoms with Crippen LogP contribution in [0, 0.1) is 18.3 Å². The van der Waals surface area contributed by atoms with Gasteiger partial charge in [0.2, 0.25) is 0 Å². The molecule has 1 aromatic carbocycles. The SMILES string of the molecule is Cc1ccc(C(C)(C)C)cc1SCC#N. The molecular formula is C13H17NS. The Morgan fingerprint density at radius 1 is 1.33 bits per heavy atom. The van der Waals surface area contributed by atoms with Crippen molar-refractivity contribution >= 4 is 11.8 Å². The summed E-state index contributed by atoms with van der Waals surface area (Å²) in [5, 5.41) is 8.58. The first-order valence-electron chi connectivity index (χ1n) is 5.06. The van der Waals surface area contributed by atoms with Crippen LogP contribution in [0.5, 0.6) is 0 Å². The lowest BCUT2D eigenvalue weighted by Gasteiger charge is -2.20. The predicted octanol–water partition coefficient (Wildman–Crippen LogP) is 3.91. The van der Waals surface area contributed by atoms with Gasteiger partial charge in [-0.25, -0.2) is 0 Å². The van der Waals surface area contributed by atoms with Crippen molar-refractivity contribution in [3.8, 4) is 6.07 Å². The third-order valence-corrected chi connectivity index (χ3v) is 3.37. The molecule has 0 atom stereocenters. The molecule has 0 aliphatic carbocycles. The number of nitriles is 1. The highest BCUT2D eigenvalue weighted by atomic mass is 32.2. The van der Waals surface area contributed by atoms with Crippen LogP contribution >= 0.6 is 11.8 Å². The van der Waals surface area contributed by atoms with E-state index in [4.69, 9.17) is 5.26 Å². The first kappa shape index (κ1) is 12.1. The minimum Gasteiger partial charge on any atom is -0.197 e. The Kier molecular flexibility index (Phi) is 3.82. The van der Waals surface area contributed by atoms with Gasteiger partial charge < -0.3 is 0 Å². The van der Waals surface area contributed by atoms with E-state index in [2.05, 4.69) is 52.0 Å².